The maximum absolute atomic E-state index is 13.5. The molecule has 0 heterocycles. The van der Waals surface area contributed by atoms with E-state index in [4.69, 9.17) is 10.0 Å². The number of ether oxygens (including phenoxy) is 1. The zero-order valence-corrected chi connectivity index (χ0v) is 8.95. The molecule has 4 nitrogen and oxygen atoms in total. The van der Waals surface area contributed by atoms with E-state index in [1.54, 1.807) is 0 Å². The van der Waals surface area contributed by atoms with Crippen molar-refractivity contribution in [3.05, 3.63) is 29.1 Å². The third-order valence-corrected chi connectivity index (χ3v) is 2.11. The quantitative estimate of drug-likeness (QED) is 0.459. The van der Waals surface area contributed by atoms with Crippen LogP contribution in [0.5, 0.6) is 0 Å². The van der Waals surface area contributed by atoms with Crippen molar-refractivity contribution in [2.45, 2.75) is 6.18 Å². The number of halogens is 4. The molecule has 0 aliphatic heterocycles. The predicted molar refractivity (Wildman–Crippen MR) is 52.6 cm³/mol. The van der Waals surface area contributed by atoms with Crippen LogP contribution < -0.4 is 5.46 Å². The minimum absolute atomic E-state index is 0.215. The molecule has 0 aliphatic rings. The van der Waals surface area contributed by atoms with Crippen LogP contribution in [0.2, 0.25) is 0 Å². The maximum atomic E-state index is 13.5. The van der Waals surface area contributed by atoms with Gasteiger partial charge in [-0.2, -0.15) is 13.2 Å². The van der Waals surface area contributed by atoms with Crippen LogP contribution >= 0.6 is 0 Å². The van der Waals surface area contributed by atoms with Gasteiger partial charge < -0.3 is 14.8 Å². The summed E-state index contributed by atoms with van der Waals surface area (Å²) in [6.07, 6.45) is -4.86. The highest BCUT2D eigenvalue weighted by Gasteiger charge is 2.35. The molecule has 18 heavy (non-hydrogen) atoms. The first-order valence-electron chi connectivity index (χ1n) is 4.53. The van der Waals surface area contributed by atoms with Gasteiger partial charge >= 0.3 is 19.3 Å². The molecule has 0 saturated carbocycles. The molecule has 0 radical (unpaired) electrons. The topological polar surface area (TPSA) is 66.8 Å². The smallest absolute Gasteiger partial charge is 0.465 e. The average Bonchev–Trinajstić information content (AvgIpc) is 2.26. The molecule has 1 aromatic rings. The molecule has 0 bridgehead atoms. The monoisotopic (exact) mass is 266 g/mol. The Morgan fingerprint density at radius 3 is 2.28 bits per heavy atom. The summed E-state index contributed by atoms with van der Waals surface area (Å²) in [6, 6.07) is 0.458. The second kappa shape index (κ2) is 4.95. The summed E-state index contributed by atoms with van der Waals surface area (Å²) in [4.78, 5) is 11.1. The van der Waals surface area contributed by atoms with Gasteiger partial charge in [-0.15, -0.1) is 0 Å². The van der Waals surface area contributed by atoms with E-state index < -0.39 is 41.7 Å². The molecule has 98 valence electrons. The molecule has 0 amide bonds. The fraction of sp³-hybridized carbons (Fsp3) is 0.222. The van der Waals surface area contributed by atoms with Gasteiger partial charge in [0, 0.05) is 5.46 Å². The van der Waals surface area contributed by atoms with Gasteiger partial charge in [0.25, 0.3) is 0 Å². The van der Waals surface area contributed by atoms with E-state index in [-0.39, 0.29) is 12.1 Å². The van der Waals surface area contributed by atoms with Gasteiger partial charge in [-0.05, 0) is 12.1 Å². The number of hydrogen-bond donors (Lipinski definition) is 2. The molecule has 0 saturated heterocycles. The molecule has 0 atom stereocenters. The Morgan fingerprint density at radius 1 is 1.33 bits per heavy atom. The van der Waals surface area contributed by atoms with Crippen LogP contribution in [0, 0.1) is 5.82 Å². The Balaban J connectivity index is 3.52. The van der Waals surface area contributed by atoms with Gasteiger partial charge in [0.15, 0.2) is 0 Å². The van der Waals surface area contributed by atoms with E-state index in [0.717, 1.165) is 7.11 Å². The van der Waals surface area contributed by atoms with Crippen molar-refractivity contribution in [1.29, 1.82) is 0 Å². The first-order valence-corrected chi connectivity index (χ1v) is 4.53. The minimum Gasteiger partial charge on any atom is -0.465 e. The molecule has 0 spiro atoms. The van der Waals surface area contributed by atoms with Crippen LogP contribution in [0.3, 0.4) is 0 Å². The van der Waals surface area contributed by atoms with Gasteiger partial charge in [0.2, 0.25) is 0 Å². The molecular formula is C9H7BF4O4. The Labute approximate surface area is 98.9 Å². The van der Waals surface area contributed by atoms with Gasteiger partial charge in [0.05, 0.1) is 18.2 Å². The molecule has 0 aromatic heterocycles. The second-order valence-electron chi connectivity index (χ2n) is 3.29. The molecular weight excluding hydrogens is 259 g/mol. The molecule has 9 heteroatoms. The van der Waals surface area contributed by atoms with E-state index in [9.17, 15) is 22.4 Å². The van der Waals surface area contributed by atoms with Crippen molar-refractivity contribution in [1.82, 2.24) is 0 Å². The standard InChI is InChI=1S/C9H7BF4O4/c1-18-8(15)5-2-4(9(12,13)14)3-6(7(5)11)10(16)17/h2-3,16-17H,1H3. The van der Waals surface area contributed by atoms with Crippen molar-refractivity contribution in [2.75, 3.05) is 7.11 Å². The first-order chi connectivity index (χ1) is 8.18. The minimum atomic E-state index is -4.86. The molecule has 1 rings (SSSR count). The SMILES string of the molecule is COC(=O)c1cc(C(F)(F)F)cc(B(O)O)c1F. The van der Waals surface area contributed by atoms with Crippen LogP contribution in [0.4, 0.5) is 17.6 Å². The van der Waals surface area contributed by atoms with Crippen LogP contribution in [0.1, 0.15) is 15.9 Å². The van der Waals surface area contributed by atoms with E-state index in [2.05, 4.69) is 4.74 Å². The van der Waals surface area contributed by atoms with E-state index >= 15 is 0 Å². The lowest BCUT2D eigenvalue weighted by molar-refractivity contribution is -0.137. The molecule has 2 N–H and O–H groups in total. The van der Waals surface area contributed by atoms with E-state index in [0.29, 0.717) is 0 Å². The summed E-state index contributed by atoms with van der Waals surface area (Å²) in [5.74, 6) is -2.81. The van der Waals surface area contributed by atoms with Crippen molar-refractivity contribution in [3.63, 3.8) is 0 Å². The van der Waals surface area contributed by atoms with Crippen LogP contribution in [-0.4, -0.2) is 30.2 Å². The molecule has 0 fully saturated rings. The fourth-order valence-electron chi connectivity index (χ4n) is 1.26. The molecule has 0 aliphatic carbocycles. The summed E-state index contributed by atoms with van der Waals surface area (Å²) in [7, 11) is -1.62. The Hall–Kier alpha value is -1.61. The third-order valence-electron chi connectivity index (χ3n) is 2.11. The lowest BCUT2D eigenvalue weighted by atomic mass is 9.78. The Bertz CT molecular complexity index is 472. The fourth-order valence-corrected chi connectivity index (χ4v) is 1.26. The highest BCUT2D eigenvalue weighted by Crippen LogP contribution is 2.30. The first kappa shape index (κ1) is 14.5. The second-order valence-corrected chi connectivity index (χ2v) is 3.29. The summed E-state index contributed by atoms with van der Waals surface area (Å²) in [5, 5.41) is 17.5. The van der Waals surface area contributed by atoms with Crippen molar-refractivity contribution in [3.8, 4) is 0 Å². The number of rotatable bonds is 2. The number of esters is 1. The van der Waals surface area contributed by atoms with Gasteiger partial charge in [-0.25, -0.2) is 9.18 Å². The predicted octanol–water partition coefficient (Wildman–Crippen LogP) is 0.311. The molecule has 1 aromatic carbocycles. The molecule has 0 unspecified atom stereocenters. The normalized spacial score (nSPS) is 11.3. The number of benzene rings is 1. The zero-order valence-electron chi connectivity index (χ0n) is 8.95. The summed E-state index contributed by atoms with van der Waals surface area (Å²) in [5.41, 5.74) is -3.45. The van der Waals surface area contributed by atoms with E-state index in [1.165, 1.54) is 0 Å². The van der Waals surface area contributed by atoms with Crippen LogP contribution in [-0.2, 0) is 10.9 Å². The van der Waals surface area contributed by atoms with Crippen LogP contribution in [0.15, 0.2) is 12.1 Å². The van der Waals surface area contributed by atoms with Crippen LogP contribution in [0.25, 0.3) is 0 Å². The van der Waals surface area contributed by atoms with Crippen molar-refractivity contribution in [2.24, 2.45) is 0 Å². The lowest BCUT2D eigenvalue weighted by Gasteiger charge is -2.12. The number of hydrogen-bond acceptors (Lipinski definition) is 4. The summed E-state index contributed by atoms with van der Waals surface area (Å²) in [6.45, 7) is 0. The summed E-state index contributed by atoms with van der Waals surface area (Å²) < 4.78 is 55.1. The van der Waals surface area contributed by atoms with E-state index in [1.807, 2.05) is 0 Å². The summed E-state index contributed by atoms with van der Waals surface area (Å²) >= 11 is 0. The maximum Gasteiger partial charge on any atom is 0.491 e. The highest BCUT2D eigenvalue weighted by atomic mass is 19.4. The Kier molecular flexibility index (Phi) is 3.97. The Morgan fingerprint density at radius 2 is 1.89 bits per heavy atom. The highest BCUT2D eigenvalue weighted by molar-refractivity contribution is 6.58. The van der Waals surface area contributed by atoms with Gasteiger partial charge in [0.1, 0.15) is 5.82 Å². The largest absolute Gasteiger partial charge is 0.491 e. The number of methoxy groups -OCH3 is 1. The number of carbonyl (C=O) groups is 1. The number of alkyl halides is 3. The van der Waals surface area contributed by atoms with Gasteiger partial charge in [-0.3, -0.25) is 0 Å². The lowest BCUT2D eigenvalue weighted by Crippen LogP contribution is -2.35. The zero-order chi connectivity index (χ0) is 14.1. The third kappa shape index (κ3) is 2.80. The van der Waals surface area contributed by atoms with Crippen molar-refractivity contribution < 1.29 is 37.1 Å². The van der Waals surface area contributed by atoms with Gasteiger partial charge in [-0.1, -0.05) is 0 Å². The van der Waals surface area contributed by atoms with Crippen molar-refractivity contribution >= 4 is 18.6 Å². The average molecular weight is 266 g/mol. The number of carbonyl (C=O) groups excluding carboxylic acids is 1.